The number of ether oxygens (including phenoxy) is 1. The first-order valence-electron chi connectivity index (χ1n) is 6.18. The maximum atomic E-state index is 12.1. The van der Waals surface area contributed by atoms with Crippen molar-refractivity contribution in [2.45, 2.75) is 40.0 Å². The molecule has 0 aliphatic heterocycles. The third-order valence-electron chi connectivity index (χ3n) is 3.08. The van der Waals surface area contributed by atoms with Gasteiger partial charge in [0.1, 0.15) is 11.5 Å². The Kier molecular flexibility index (Phi) is 4.73. The Morgan fingerprint density at radius 1 is 1.35 bits per heavy atom. The fourth-order valence-electron chi connectivity index (χ4n) is 2.22. The van der Waals surface area contributed by atoms with Gasteiger partial charge in [0.05, 0.1) is 7.11 Å². The van der Waals surface area contributed by atoms with Crippen LogP contribution >= 0.6 is 0 Å². The van der Waals surface area contributed by atoms with Crippen LogP contribution in [0.1, 0.15) is 44.2 Å². The van der Waals surface area contributed by atoms with Gasteiger partial charge in [-0.1, -0.05) is 38.5 Å². The van der Waals surface area contributed by atoms with Crippen LogP contribution in [0.3, 0.4) is 0 Å². The maximum absolute atomic E-state index is 12.1. The van der Waals surface area contributed by atoms with Gasteiger partial charge in [-0.15, -0.1) is 0 Å². The lowest BCUT2D eigenvalue weighted by Crippen LogP contribution is -2.18. The summed E-state index contributed by atoms with van der Waals surface area (Å²) in [4.78, 5) is 12.1. The minimum absolute atomic E-state index is 0.0603. The van der Waals surface area contributed by atoms with Crippen LogP contribution in [0.25, 0.3) is 0 Å². The Morgan fingerprint density at radius 2 is 2.00 bits per heavy atom. The van der Waals surface area contributed by atoms with Crippen molar-refractivity contribution >= 4 is 5.78 Å². The molecule has 0 radical (unpaired) electrons. The lowest BCUT2D eigenvalue weighted by atomic mass is 9.83. The number of aryl methyl sites for hydroxylation is 1. The molecular formula is C15H22O2. The standard InChI is InChI=1S/C15H22O2/c1-6-13(16)15(10(2)3)12-9-11(4)7-8-14(12)17-5/h7-10,15H,6H2,1-5H3. The molecule has 0 aliphatic carbocycles. The number of rotatable bonds is 5. The van der Waals surface area contributed by atoms with E-state index in [0.717, 1.165) is 16.9 Å². The van der Waals surface area contributed by atoms with Crippen LogP contribution in [0, 0.1) is 12.8 Å². The van der Waals surface area contributed by atoms with Gasteiger partial charge in [-0.3, -0.25) is 4.79 Å². The lowest BCUT2D eigenvalue weighted by molar-refractivity contribution is -0.121. The molecule has 1 unspecified atom stereocenters. The molecule has 0 aromatic heterocycles. The van der Waals surface area contributed by atoms with Gasteiger partial charge in [0.2, 0.25) is 0 Å². The van der Waals surface area contributed by atoms with Crippen molar-refractivity contribution in [3.8, 4) is 5.75 Å². The first-order chi connectivity index (χ1) is 8.01. The number of methoxy groups -OCH3 is 1. The smallest absolute Gasteiger partial charge is 0.140 e. The molecule has 1 aromatic rings. The molecule has 0 saturated carbocycles. The summed E-state index contributed by atoms with van der Waals surface area (Å²) in [5.74, 6) is 1.33. The Morgan fingerprint density at radius 3 is 2.47 bits per heavy atom. The van der Waals surface area contributed by atoms with E-state index >= 15 is 0 Å². The molecule has 0 saturated heterocycles. The molecule has 0 bridgehead atoms. The second kappa shape index (κ2) is 5.85. The molecular weight excluding hydrogens is 212 g/mol. The van der Waals surface area contributed by atoms with Crippen molar-refractivity contribution in [2.75, 3.05) is 7.11 Å². The Labute approximate surface area is 104 Å². The molecule has 1 atom stereocenters. The summed E-state index contributed by atoms with van der Waals surface area (Å²) in [7, 11) is 1.65. The first-order valence-corrected chi connectivity index (χ1v) is 6.18. The predicted molar refractivity (Wildman–Crippen MR) is 70.6 cm³/mol. The highest BCUT2D eigenvalue weighted by molar-refractivity contribution is 5.86. The van der Waals surface area contributed by atoms with Gasteiger partial charge in [0, 0.05) is 17.9 Å². The third kappa shape index (κ3) is 3.09. The topological polar surface area (TPSA) is 26.3 Å². The highest BCUT2D eigenvalue weighted by atomic mass is 16.5. The van der Waals surface area contributed by atoms with Crippen LogP contribution in [0.15, 0.2) is 18.2 Å². The van der Waals surface area contributed by atoms with E-state index in [2.05, 4.69) is 19.9 Å². The van der Waals surface area contributed by atoms with E-state index in [0.29, 0.717) is 6.42 Å². The molecule has 1 rings (SSSR count). The number of ketones is 1. The number of carbonyl (C=O) groups excluding carboxylic acids is 1. The zero-order valence-electron chi connectivity index (χ0n) is 11.4. The molecule has 0 N–H and O–H groups in total. The van der Waals surface area contributed by atoms with Crippen molar-refractivity contribution in [3.05, 3.63) is 29.3 Å². The molecule has 0 spiro atoms. The van der Waals surface area contributed by atoms with E-state index in [9.17, 15) is 4.79 Å². The van der Waals surface area contributed by atoms with E-state index in [1.54, 1.807) is 7.11 Å². The molecule has 0 amide bonds. The number of hydrogen-bond acceptors (Lipinski definition) is 2. The van der Waals surface area contributed by atoms with Gasteiger partial charge in [0.15, 0.2) is 0 Å². The second-order valence-electron chi connectivity index (χ2n) is 4.79. The fraction of sp³-hybridized carbons (Fsp3) is 0.533. The summed E-state index contributed by atoms with van der Waals surface area (Å²) in [6.45, 7) is 8.12. The molecule has 0 aliphatic rings. The quantitative estimate of drug-likeness (QED) is 0.776. The predicted octanol–water partition coefficient (Wildman–Crippen LogP) is 3.72. The van der Waals surface area contributed by atoms with Gasteiger partial charge in [-0.05, 0) is 18.9 Å². The molecule has 2 heteroatoms. The maximum Gasteiger partial charge on any atom is 0.140 e. The normalized spacial score (nSPS) is 12.6. The van der Waals surface area contributed by atoms with Crippen LogP contribution < -0.4 is 4.74 Å². The van der Waals surface area contributed by atoms with Gasteiger partial charge in [-0.25, -0.2) is 0 Å². The second-order valence-corrected chi connectivity index (χ2v) is 4.79. The van der Waals surface area contributed by atoms with Gasteiger partial charge >= 0.3 is 0 Å². The number of carbonyl (C=O) groups is 1. The third-order valence-corrected chi connectivity index (χ3v) is 3.08. The number of Topliss-reactive ketones (excluding diaryl/α,β-unsaturated/α-hetero) is 1. The van der Waals surface area contributed by atoms with Gasteiger partial charge in [0.25, 0.3) is 0 Å². The van der Waals surface area contributed by atoms with Crippen molar-refractivity contribution < 1.29 is 9.53 Å². The summed E-state index contributed by atoms with van der Waals surface area (Å²) in [6, 6.07) is 6.02. The average molecular weight is 234 g/mol. The molecule has 94 valence electrons. The zero-order valence-corrected chi connectivity index (χ0v) is 11.4. The summed E-state index contributed by atoms with van der Waals surface area (Å²) in [6.07, 6.45) is 0.569. The largest absolute Gasteiger partial charge is 0.496 e. The molecule has 2 nitrogen and oxygen atoms in total. The molecule has 0 fully saturated rings. The Bertz CT molecular complexity index is 394. The van der Waals surface area contributed by atoms with Crippen LogP contribution in [0.5, 0.6) is 5.75 Å². The van der Waals surface area contributed by atoms with E-state index in [1.807, 2.05) is 26.0 Å². The number of hydrogen-bond donors (Lipinski definition) is 0. The van der Waals surface area contributed by atoms with Crippen LogP contribution in [0.2, 0.25) is 0 Å². The van der Waals surface area contributed by atoms with Crippen LogP contribution in [0.4, 0.5) is 0 Å². The van der Waals surface area contributed by atoms with E-state index in [4.69, 9.17) is 4.74 Å². The molecule has 1 aromatic carbocycles. The monoisotopic (exact) mass is 234 g/mol. The summed E-state index contributed by atoms with van der Waals surface area (Å²) in [5, 5.41) is 0. The van der Waals surface area contributed by atoms with E-state index in [-0.39, 0.29) is 17.6 Å². The zero-order chi connectivity index (χ0) is 13.0. The van der Waals surface area contributed by atoms with Crippen molar-refractivity contribution in [3.63, 3.8) is 0 Å². The highest BCUT2D eigenvalue weighted by Crippen LogP contribution is 2.34. The minimum Gasteiger partial charge on any atom is -0.496 e. The molecule has 17 heavy (non-hydrogen) atoms. The SMILES string of the molecule is CCC(=O)C(c1cc(C)ccc1OC)C(C)C. The minimum atomic E-state index is -0.0603. The van der Waals surface area contributed by atoms with Crippen LogP contribution in [-0.2, 0) is 4.79 Å². The van der Waals surface area contributed by atoms with Gasteiger partial charge in [-0.2, -0.15) is 0 Å². The van der Waals surface area contributed by atoms with E-state index < -0.39 is 0 Å². The number of benzene rings is 1. The summed E-state index contributed by atoms with van der Waals surface area (Å²) in [5.41, 5.74) is 2.18. The summed E-state index contributed by atoms with van der Waals surface area (Å²) < 4.78 is 5.37. The van der Waals surface area contributed by atoms with Crippen molar-refractivity contribution in [1.82, 2.24) is 0 Å². The Balaban J connectivity index is 3.26. The molecule has 0 heterocycles. The van der Waals surface area contributed by atoms with E-state index in [1.165, 1.54) is 0 Å². The van der Waals surface area contributed by atoms with Crippen molar-refractivity contribution in [1.29, 1.82) is 0 Å². The highest BCUT2D eigenvalue weighted by Gasteiger charge is 2.25. The Hall–Kier alpha value is -1.31. The van der Waals surface area contributed by atoms with Crippen molar-refractivity contribution in [2.24, 2.45) is 5.92 Å². The van der Waals surface area contributed by atoms with Crippen LogP contribution in [-0.4, -0.2) is 12.9 Å². The summed E-state index contributed by atoms with van der Waals surface area (Å²) >= 11 is 0. The fourth-order valence-corrected chi connectivity index (χ4v) is 2.22. The van der Waals surface area contributed by atoms with Gasteiger partial charge < -0.3 is 4.74 Å². The lowest BCUT2D eigenvalue weighted by Gasteiger charge is -2.22. The average Bonchev–Trinajstić information content (AvgIpc) is 2.29. The first kappa shape index (κ1) is 13.8.